The van der Waals surface area contributed by atoms with E-state index in [1.165, 1.54) is 0 Å². The van der Waals surface area contributed by atoms with Gasteiger partial charge in [0.05, 0.1) is 25.4 Å². The third-order valence-electron chi connectivity index (χ3n) is 1.89. The van der Waals surface area contributed by atoms with Gasteiger partial charge >= 0.3 is 0 Å². The smallest absolute Gasteiger partial charge is 0.234 e. The van der Waals surface area contributed by atoms with E-state index >= 15 is 0 Å². The average molecular weight is 227 g/mol. The lowest BCUT2D eigenvalue weighted by molar-refractivity contribution is -0.120. The number of methoxy groups -OCH3 is 1. The largest absolute Gasteiger partial charge is 0.383 e. The van der Waals surface area contributed by atoms with Gasteiger partial charge in [-0.25, -0.2) is 0 Å². The minimum absolute atomic E-state index is 0.0618. The van der Waals surface area contributed by atoms with Crippen LogP contribution < -0.4 is 10.6 Å². The van der Waals surface area contributed by atoms with Gasteiger partial charge < -0.3 is 19.9 Å². The van der Waals surface area contributed by atoms with E-state index in [4.69, 9.17) is 9.26 Å². The van der Waals surface area contributed by atoms with Crippen molar-refractivity contribution in [2.45, 2.75) is 13.5 Å². The number of hydrogen-bond donors (Lipinski definition) is 2. The molecule has 0 aliphatic rings. The van der Waals surface area contributed by atoms with Gasteiger partial charge in [0.2, 0.25) is 5.91 Å². The Morgan fingerprint density at radius 2 is 2.44 bits per heavy atom. The molecule has 1 amide bonds. The van der Waals surface area contributed by atoms with Gasteiger partial charge in [-0.15, -0.1) is 0 Å². The second kappa shape index (κ2) is 6.97. The van der Waals surface area contributed by atoms with Gasteiger partial charge in [-0.3, -0.25) is 4.79 Å². The number of carbonyl (C=O) groups excluding carboxylic acids is 1. The highest BCUT2D eigenvalue weighted by molar-refractivity contribution is 5.77. The van der Waals surface area contributed by atoms with Crippen molar-refractivity contribution in [1.82, 2.24) is 15.8 Å². The molecule has 6 nitrogen and oxygen atoms in total. The first kappa shape index (κ1) is 12.7. The fraction of sp³-hybridized carbons (Fsp3) is 0.600. The number of rotatable bonds is 7. The van der Waals surface area contributed by atoms with Crippen LogP contribution in [0.4, 0.5) is 0 Å². The number of hydrogen-bond acceptors (Lipinski definition) is 5. The molecule has 6 heteroatoms. The fourth-order valence-electron chi connectivity index (χ4n) is 1.15. The highest BCUT2D eigenvalue weighted by atomic mass is 16.5. The Bertz CT molecular complexity index is 325. The van der Waals surface area contributed by atoms with Gasteiger partial charge in [0.1, 0.15) is 0 Å². The zero-order valence-corrected chi connectivity index (χ0v) is 9.58. The van der Waals surface area contributed by atoms with E-state index in [9.17, 15) is 4.79 Å². The van der Waals surface area contributed by atoms with Gasteiger partial charge in [-0.1, -0.05) is 5.16 Å². The number of ether oxygens (including phenoxy) is 1. The normalized spacial score (nSPS) is 10.4. The highest BCUT2D eigenvalue weighted by Crippen LogP contribution is 2.00. The molecule has 0 saturated carbocycles. The predicted molar refractivity (Wildman–Crippen MR) is 57.8 cm³/mol. The van der Waals surface area contributed by atoms with Crippen molar-refractivity contribution in [1.29, 1.82) is 0 Å². The summed E-state index contributed by atoms with van der Waals surface area (Å²) in [6.45, 7) is 3.65. The fourth-order valence-corrected chi connectivity index (χ4v) is 1.15. The number of carbonyl (C=O) groups is 1. The lowest BCUT2D eigenvalue weighted by atomic mass is 10.4. The molecule has 1 heterocycles. The third-order valence-corrected chi connectivity index (χ3v) is 1.89. The van der Waals surface area contributed by atoms with Crippen molar-refractivity contribution >= 4 is 5.91 Å². The Kier molecular flexibility index (Phi) is 5.52. The van der Waals surface area contributed by atoms with Gasteiger partial charge in [0.15, 0.2) is 5.76 Å². The van der Waals surface area contributed by atoms with Crippen LogP contribution in [0.2, 0.25) is 0 Å². The van der Waals surface area contributed by atoms with E-state index in [2.05, 4.69) is 15.8 Å². The standard InChI is InChI=1S/C10H17N3O3/c1-8-5-9(16-13-8)6-11-7-10(14)12-3-4-15-2/h5,11H,3-4,6-7H2,1-2H3,(H,12,14). The zero-order chi connectivity index (χ0) is 11.8. The van der Waals surface area contributed by atoms with E-state index < -0.39 is 0 Å². The van der Waals surface area contributed by atoms with Crippen LogP contribution in [0.15, 0.2) is 10.6 Å². The molecule has 0 atom stereocenters. The maximum atomic E-state index is 11.2. The van der Waals surface area contributed by atoms with Crippen LogP contribution in [0.1, 0.15) is 11.5 Å². The summed E-state index contributed by atoms with van der Waals surface area (Å²) in [6.07, 6.45) is 0. The second-order valence-corrected chi connectivity index (χ2v) is 3.38. The SMILES string of the molecule is COCCNC(=O)CNCc1cc(C)no1. The molecule has 16 heavy (non-hydrogen) atoms. The molecular formula is C10H17N3O3. The Morgan fingerprint density at radius 1 is 1.62 bits per heavy atom. The molecule has 0 spiro atoms. The van der Waals surface area contributed by atoms with E-state index in [-0.39, 0.29) is 12.5 Å². The Balaban J connectivity index is 2.08. The molecule has 0 aromatic carbocycles. The van der Waals surface area contributed by atoms with Crippen LogP contribution in [-0.2, 0) is 16.1 Å². The van der Waals surface area contributed by atoms with Gasteiger partial charge in [-0.2, -0.15) is 0 Å². The molecule has 2 N–H and O–H groups in total. The molecule has 0 saturated heterocycles. The molecule has 0 radical (unpaired) electrons. The van der Waals surface area contributed by atoms with Gasteiger partial charge in [0, 0.05) is 19.7 Å². The Labute approximate surface area is 94.3 Å². The van der Waals surface area contributed by atoms with Crippen LogP contribution in [0, 0.1) is 6.92 Å². The van der Waals surface area contributed by atoms with Crippen LogP contribution in [0.5, 0.6) is 0 Å². The summed E-state index contributed by atoms with van der Waals surface area (Å²) in [5, 5.41) is 9.40. The molecule has 0 aliphatic carbocycles. The summed E-state index contributed by atoms with van der Waals surface area (Å²) >= 11 is 0. The number of aromatic nitrogens is 1. The van der Waals surface area contributed by atoms with Crippen molar-refractivity contribution in [3.05, 3.63) is 17.5 Å². The number of nitrogens with one attached hydrogen (secondary N) is 2. The molecule has 0 bridgehead atoms. The Hall–Kier alpha value is -1.40. The van der Waals surface area contributed by atoms with Crippen molar-refractivity contribution in [3.63, 3.8) is 0 Å². The van der Waals surface area contributed by atoms with E-state index in [1.807, 2.05) is 13.0 Å². The monoisotopic (exact) mass is 227 g/mol. The minimum atomic E-state index is -0.0618. The van der Waals surface area contributed by atoms with Crippen LogP contribution in [0.3, 0.4) is 0 Å². The van der Waals surface area contributed by atoms with Crippen LogP contribution >= 0.6 is 0 Å². The summed E-state index contributed by atoms with van der Waals surface area (Å²) in [5.74, 6) is 0.662. The first-order valence-corrected chi connectivity index (χ1v) is 5.11. The molecule has 0 fully saturated rings. The van der Waals surface area contributed by atoms with E-state index in [0.717, 1.165) is 11.5 Å². The summed E-state index contributed by atoms with van der Waals surface area (Å²) in [7, 11) is 1.59. The summed E-state index contributed by atoms with van der Waals surface area (Å²) in [5.41, 5.74) is 0.835. The molecule has 0 aliphatic heterocycles. The molecular weight excluding hydrogens is 210 g/mol. The van der Waals surface area contributed by atoms with Crippen molar-refractivity contribution in [3.8, 4) is 0 Å². The van der Waals surface area contributed by atoms with Crippen molar-refractivity contribution < 1.29 is 14.1 Å². The van der Waals surface area contributed by atoms with Gasteiger partial charge in [0.25, 0.3) is 0 Å². The van der Waals surface area contributed by atoms with Crippen LogP contribution in [0.25, 0.3) is 0 Å². The number of nitrogens with zero attached hydrogens (tertiary/aromatic N) is 1. The molecule has 0 unspecified atom stereocenters. The van der Waals surface area contributed by atoms with Gasteiger partial charge in [-0.05, 0) is 6.92 Å². The highest BCUT2D eigenvalue weighted by Gasteiger charge is 2.02. The first-order chi connectivity index (χ1) is 7.72. The minimum Gasteiger partial charge on any atom is -0.383 e. The van der Waals surface area contributed by atoms with E-state index in [1.54, 1.807) is 7.11 Å². The molecule has 90 valence electrons. The topological polar surface area (TPSA) is 76.4 Å². The summed E-state index contributed by atoms with van der Waals surface area (Å²) < 4.78 is 9.79. The quantitative estimate of drug-likeness (QED) is 0.633. The molecule has 1 aromatic heterocycles. The second-order valence-electron chi connectivity index (χ2n) is 3.38. The molecule has 1 aromatic rings. The molecule has 1 rings (SSSR count). The van der Waals surface area contributed by atoms with E-state index in [0.29, 0.717) is 19.7 Å². The van der Waals surface area contributed by atoms with Crippen molar-refractivity contribution in [2.75, 3.05) is 26.8 Å². The summed E-state index contributed by atoms with van der Waals surface area (Å²) in [4.78, 5) is 11.2. The number of aryl methyl sites for hydroxylation is 1. The first-order valence-electron chi connectivity index (χ1n) is 5.11. The third kappa shape index (κ3) is 4.90. The lowest BCUT2D eigenvalue weighted by Gasteiger charge is -2.04. The lowest BCUT2D eigenvalue weighted by Crippen LogP contribution is -2.35. The predicted octanol–water partition coefficient (Wildman–Crippen LogP) is -0.165. The summed E-state index contributed by atoms with van der Waals surface area (Å²) in [6, 6.07) is 1.83. The maximum absolute atomic E-state index is 11.2. The number of amides is 1. The average Bonchev–Trinajstić information content (AvgIpc) is 2.65. The Morgan fingerprint density at radius 3 is 3.06 bits per heavy atom. The van der Waals surface area contributed by atoms with Crippen LogP contribution in [-0.4, -0.2) is 37.9 Å². The maximum Gasteiger partial charge on any atom is 0.234 e. The zero-order valence-electron chi connectivity index (χ0n) is 9.58. The van der Waals surface area contributed by atoms with Crippen molar-refractivity contribution in [2.24, 2.45) is 0 Å².